The van der Waals surface area contributed by atoms with Gasteiger partial charge in [0.15, 0.2) is 0 Å². The molecule has 0 radical (unpaired) electrons. The molecule has 7 nitrogen and oxygen atoms in total. The Bertz CT molecular complexity index is 789. The highest BCUT2D eigenvalue weighted by molar-refractivity contribution is 7.89. The topological polar surface area (TPSA) is 107 Å². The van der Waals surface area contributed by atoms with Crippen molar-refractivity contribution in [2.75, 3.05) is 13.1 Å². The summed E-state index contributed by atoms with van der Waals surface area (Å²) in [6, 6.07) is 5.15. The van der Waals surface area contributed by atoms with Crippen LogP contribution in [0.25, 0.3) is 11.0 Å². The molecule has 1 aliphatic carbocycles. The summed E-state index contributed by atoms with van der Waals surface area (Å²) in [4.78, 5) is 16.5. The Morgan fingerprint density at radius 2 is 1.90 bits per heavy atom. The fourth-order valence-electron chi connectivity index (χ4n) is 2.15. The molecule has 0 saturated heterocycles. The van der Waals surface area contributed by atoms with E-state index < -0.39 is 10.0 Å². The minimum atomic E-state index is -3.54. The zero-order chi connectivity index (χ0) is 14.9. The molecule has 0 aliphatic heterocycles. The molecule has 1 saturated carbocycles. The molecule has 3 rings (SSSR count). The van der Waals surface area contributed by atoms with Crippen LogP contribution in [0.1, 0.15) is 19.3 Å². The van der Waals surface area contributed by atoms with Crippen molar-refractivity contribution in [1.82, 2.24) is 20.0 Å². The smallest absolute Gasteiger partial charge is 0.314 e. The average Bonchev–Trinajstić information content (AvgIpc) is 3.17. The summed E-state index contributed by atoms with van der Waals surface area (Å²) in [5.41, 5.74) is 0.726. The number of rotatable bonds is 7. The van der Waals surface area contributed by atoms with Gasteiger partial charge in [-0.1, -0.05) is 0 Å². The van der Waals surface area contributed by atoms with Crippen LogP contribution in [0.2, 0.25) is 0 Å². The van der Waals surface area contributed by atoms with Gasteiger partial charge in [0.05, 0.1) is 15.9 Å². The normalized spacial score (nSPS) is 15.6. The third kappa shape index (κ3) is 3.52. The molecule has 1 fully saturated rings. The van der Waals surface area contributed by atoms with Crippen molar-refractivity contribution in [1.29, 1.82) is 0 Å². The molecule has 0 spiro atoms. The van der Waals surface area contributed by atoms with Gasteiger partial charge < -0.3 is 15.3 Å². The van der Waals surface area contributed by atoms with Crippen LogP contribution in [-0.4, -0.2) is 37.5 Å². The largest absolute Gasteiger partial charge is 0.323 e. The summed E-state index contributed by atoms with van der Waals surface area (Å²) < 4.78 is 26.9. The highest BCUT2D eigenvalue weighted by Crippen LogP contribution is 2.18. The molecule has 0 bridgehead atoms. The Morgan fingerprint density at radius 3 is 2.67 bits per heavy atom. The number of aromatic amines is 2. The van der Waals surface area contributed by atoms with Gasteiger partial charge in [-0.2, -0.15) is 0 Å². The number of aromatic nitrogens is 2. The average molecular weight is 310 g/mol. The zero-order valence-corrected chi connectivity index (χ0v) is 12.3. The maximum Gasteiger partial charge on any atom is 0.323 e. The molecule has 0 unspecified atom stereocenters. The molecule has 114 valence electrons. The number of benzene rings is 1. The van der Waals surface area contributed by atoms with E-state index in [1.165, 1.54) is 25.0 Å². The van der Waals surface area contributed by atoms with Crippen LogP contribution < -0.4 is 15.7 Å². The molecule has 2 aromatic rings. The lowest BCUT2D eigenvalue weighted by Crippen LogP contribution is -2.28. The van der Waals surface area contributed by atoms with Gasteiger partial charge in [-0.3, -0.25) is 0 Å². The summed E-state index contributed by atoms with van der Waals surface area (Å²) in [5, 5.41) is 3.33. The Labute approximate surface area is 122 Å². The summed E-state index contributed by atoms with van der Waals surface area (Å²) >= 11 is 0. The minimum absolute atomic E-state index is 0.153. The van der Waals surface area contributed by atoms with E-state index in [-0.39, 0.29) is 10.6 Å². The van der Waals surface area contributed by atoms with Crippen LogP contribution in [0.3, 0.4) is 0 Å². The van der Waals surface area contributed by atoms with Crippen molar-refractivity contribution in [3.8, 4) is 0 Å². The first-order valence-corrected chi connectivity index (χ1v) is 8.48. The monoisotopic (exact) mass is 310 g/mol. The molecular weight excluding hydrogens is 292 g/mol. The van der Waals surface area contributed by atoms with Crippen molar-refractivity contribution in [2.24, 2.45) is 0 Å². The molecule has 0 amide bonds. The molecule has 1 heterocycles. The second-order valence-corrected chi connectivity index (χ2v) is 7.03. The van der Waals surface area contributed by atoms with Crippen LogP contribution in [0.15, 0.2) is 27.9 Å². The first kappa shape index (κ1) is 14.3. The number of sulfonamides is 1. The van der Waals surface area contributed by atoms with E-state index >= 15 is 0 Å². The van der Waals surface area contributed by atoms with Crippen molar-refractivity contribution >= 4 is 21.1 Å². The molecule has 4 N–H and O–H groups in total. The highest BCUT2D eigenvalue weighted by atomic mass is 32.2. The van der Waals surface area contributed by atoms with Gasteiger partial charge in [-0.25, -0.2) is 17.9 Å². The van der Waals surface area contributed by atoms with Gasteiger partial charge in [-0.15, -0.1) is 0 Å². The maximum atomic E-state index is 12.2. The number of fused-ring (bicyclic) bond motifs is 1. The number of nitrogens with one attached hydrogen (secondary N) is 4. The Balaban J connectivity index is 1.62. The second kappa shape index (κ2) is 5.63. The van der Waals surface area contributed by atoms with Gasteiger partial charge in [0.1, 0.15) is 0 Å². The van der Waals surface area contributed by atoms with Crippen molar-refractivity contribution in [3.05, 3.63) is 28.7 Å². The van der Waals surface area contributed by atoms with Crippen LogP contribution in [0.4, 0.5) is 0 Å². The van der Waals surface area contributed by atoms with Gasteiger partial charge in [-0.05, 0) is 44.0 Å². The molecular formula is C13H18N4O3S. The molecule has 1 aromatic carbocycles. The molecule has 1 aliphatic rings. The van der Waals surface area contributed by atoms with Crippen molar-refractivity contribution in [3.63, 3.8) is 0 Å². The third-order valence-electron chi connectivity index (χ3n) is 3.45. The fraction of sp³-hybridized carbons (Fsp3) is 0.462. The van der Waals surface area contributed by atoms with E-state index in [1.807, 2.05) is 0 Å². The standard InChI is InChI=1S/C13H18N4O3S/c18-13-16-11-5-4-10(8-12(11)17-13)21(19,20)15-7-1-6-14-9-2-3-9/h4-5,8-9,14-15H,1-3,6-7H2,(H2,16,17,18). The number of H-pyrrole nitrogens is 2. The third-order valence-corrected chi connectivity index (χ3v) is 4.91. The minimum Gasteiger partial charge on any atom is -0.314 e. The molecule has 8 heteroatoms. The quantitative estimate of drug-likeness (QED) is 0.551. The van der Waals surface area contributed by atoms with Crippen LogP contribution >= 0.6 is 0 Å². The number of hydrogen-bond acceptors (Lipinski definition) is 4. The van der Waals surface area contributed by atoms with Crippen molar-refractivity contribution in [2.45, 2.75) is 30.2 Å². The molecule has 21 heavy (non-hydrogen) atoms. The Hall–Kier alpha value is -1.64. The van der Waals surface area contributed by atoms with Crippen molar-refractivity contribution < 1.29 is 8.42 Å². The first-order valence-electron chi connectivity index (χ1n) is 7.00. The predicted molar refractivity (Wildman–Crippen MR) is 79.7 cm³/mol. The first-order chi connectivity index (χ1) is 10.0. The lowest BCUT2D eigenvalue weighted by Gasteiger charge is -2.07. The SMILES string of the molecule is O=c1[nH]c2ccc(S(=O)(=O)NCCCNC3CC3)cc2[nH]1. The van der Waals surface area contributed by atoms with E-state index in [4.69, 9.17) is 0 Å². The van der Waals surface area contributed by atoms with Crippen LogP contribution in [0.5, 0.6) is 0 Å². The zero-order valence-electron chi connectivity index (χ0n) is 11.5. The van der Waals surface area contributed by atoms with Crippen LogP contribution in [0, 0.1) is 0 Å². The summed E-state index contributed by atoms with van der Waals surface area (Å²) in [5.74, 6) is 0. The second-order valence-electron chi connectivity index (χ2n) is 5.27. The van der Waals surface area contributed by atoms with Gasteiger partial charge in [0, 0.05) is 12.6 Å². The fourth-order valence-corrected chi connectivity index (χ4v) is 3.25. The Kier molecular flexibility index (Phi) is 3.83. The summed E-state index contributed by atoms with van der Waals surface area (Å²) in [7, 11) is -3.54. The predicted octanol–water partition coefficient (Wildman–Crippen LogP) is 0.277. The van der Waals surface area contributed by atoms with E-state index in [2.05, 4.69) is 20.0 Å². The number of imidazole rings is 1. The molecule has 1 aromatic heterocycles. The van der Waals surface area contributed by atoms with Gasteiger partial charge >= 0.3 is 5.69 Å². The summed E-state index contributed by atoms with van der Waals surface area (Å²) in [6.45, 7) is 1.21. The van der Waals surface area contributed by atoms with E-state index in [0.717, 1.165) is 13.0 Å². The van der Waals surface area contributed by atoms with Gasteiger partial charge in [0.2, 0.25) is 10.0 Å². The number of hydrogen-bond donors (Lipinski definition) is 4. The highest BCUT2D eigenvalue weighted by Gasteiger charge is 2.19. The maximum absolute atomic E-state index is 12.2. The molecule has 0 atom stereocenters. The van der Waals surface area contributed by atoms with E-state index in [9.17, 15) is 13.2 Å². The summed E-state index contributed by atoms with van der Waals surface area (Å²) in [6.07, 6.45) is 3.19. The van der Waals surface area contributed by atoms with E-state index in [0.29, 0.717) is 23.6 Å². The van der Waals surface area contributed by atoms with E-state index in [1.54, 1.807) is 6.07 Å². The van der Waals surface area contributed by atoms with Gasteiger partial charge in [0.25, 0.3) is 0 Å². The van der Waals surface area contributed by atoms with Crippen LogP contribution in [-0.2, 0) is 10.0 Å². The Morgan fingerprint density at radius 1 is 1.14 bits per heavy atom. The lowest BCUT2D eigenvalue weighted by molar-refractivity contribution is 0.573. The lowest BCUT2D eigenvalue weighted by atomic mass is 10.3.